The Morgan fingerprint density at radius 2 is 2.16 bits per heavy atom. The zero-order valence-corrected chi connectivity index (χ0v) is 13.8. The van der Waals surface area contributed by atoms with Gasteiger partial charge in [-0.05, 0) is 60.2 Å². The van der Waals surface area contributed by atoms with E-state index < -0.39 is 0 Å². The van der Waals surface area contributed by atoms with E-state index >= 15 is 0 Å². The molecule has 4 nitrogen and oxygen atoms in total. The number of nitrogens with two attached hydrogens (primary N) is 1. The van der Waals surface area contributed by atoms with Crippen LogP contribution in [0, 0.1) is 3.57 Å². The maximum absolute atomic E-state index is 6.28. The van der Waals surface area contributed by atoms with Crippen molar-refractivity contribution in [2.75, 3.05) is 0 Å². The number of rotatable bonds is 4. The van der Waals surface area contributed by atoms with Crippen LogP contribution in [0.2, 0.25) is 5.02 Å². The fourth-order valence-corrected chi connectivity index (χ4v) is 2.87. The van der Waals surface area contributed by atoms with E-state index in [-0.39, 0.29) is 12.1 Å². The second-order valence-electron chi connectivity index (χ2n) is 4.69. The maximum atomic E-state index is 6.28. The minimum Gasteiger partial charge on any atom is -0.324 e. The van der Waals surface area contributed by atoms with Crippen LogP contribution in [0.15, 0.2) is 24.5 Å². The van der Waals surface area contributed by atoms with Crippen LogP contribution in [-0.4, -0.2) is 14.8 Å². The third-order valence-electron chi connectivity index (χ3n) is 2.90. The summed E-state index contributed by atoms with van der Waals surface area (Å²) < 4.78 is 3.02. The van der Waals surface area contributed by atoms with Gasteiger partial charge in [0.1, 0.15) is 12.2 Å². The lowest BCUT2D eigenvalue weighted by molar-refractivity contribution is 0.493. The van der Waals surface area contributed by atoms with Crippen LogP contribution in [0.25, 0.3) is 0 Å². The molecule has 1 atom stereocenters. The lowest BCUT2D eigenvalue weighted by Crippen LogP contribution is -2.19. The van der Waals surface area contributed by atoms with Crippen LogP contribution in [0.4, 0.5) is 0 Å². The molecule has 1 aromatic carbocycles. The SMILES string of the molecule is CC(C)n1ncnc1CC(N)c1cc(Cl)ccc1I. The van der Waals surface area contributed by atoms with Crippen molar-refractivity contribution in [2.24, 2.45) is 5.73 Å². The van der Waals surface area contributed by atoms with E-state index in [1.807, 2.05) is 22.9 Å². The lowest BCUT2D eigenvalue weighted by Gasteiger charge is -2.16. The van der Waals surface area contributed by atoms with Crippen LogP contribution < -0.4 is 5.73 Å². The van der Waals surface area contributed by atoms with Crippen LogP contribution in [0.5, 0.6) is 0 Å². The number of halogens is 2. The van der Waals surface area contributed by atoms with Crippen LogP contribution in [0.1, 0.15) is 37.3 Å². The van der Waals surface area contributed by atoms with Gasteiger partial charge in [-0.1, -0.05) is 11.6 Å². The second kappa shape index (κ2) is 6.19. The zero-order chi connectivity index (χ0) is 14.0. The molecule has 0 fully saturated rings. The Hall–Kier alpha value is -0.660. The molecule has 1 unspecified atom stereocenters. The van der Waals surface area contributed by atoms with E-state index in [1.54, 1.807) is 6.33 Å². The molecular weight excluding hydrogens is 375 g/mol. The predicted molar refractivity (Wildman–Crippen MR) is 85.2 cm³/mol. The predicted octanol–water partition coefficient (Wildman–Crippen LogP) is 3.36. The van der Waals surface area contributed by atoms with Crippen molar-refractivity contribution in [3.8, 4) is 0 Å². The molecule has 0 aliphatic heterocycles. The number of benzene rings is 1. The molecule has 0 aliphatic rings. The summed E-state index contributed by atoms with van der Waals surface area (Å²) in [4.78, 5) is 4.29. The number of nitrogens with zero attached hydrogens (tertiary/aromatic N) is 3. The largest absolute Gasteiger partial charge is 0.324 e. The first-order valence-corrected chi connectivity index (χ1v) is 7.53. The van der Waals surface area contributed by atoms with Crippen molar-refractivity contribution >= 4 is 34.2 Å². The first-order chi connectivity index (χ1) is 8.99. The zero-order valence-electron chi connectivity index (χ0n) is 10.8. The van der Waals surface area contributed by atoms with Crippen molar-refractivity contribution in [1.29, 1.82) is 0 Å². The van der Waals surface area contributed by atoms with Crippen molar-refractivity contribution in [1.82, 2.24) is 14.8 Å². The summed E-state index contributed by atoms with van der Waals surface area (Å²) in [5, 5.41) is 4.93. The van der Waals surface area contributed by atoms with Gasteiger partial charge in [-0.3, -0.25) is 0 Å². The average Bonchev–Trinajstić information content (AvgIpc) is 2.80. The highest BCUT2D eigenvalue weighted by molar-refractivity contribution is 14.1. The molecule has 0 bridgehead atoms. The quantitative estimate of drug-likeness (QED) is 0.815. The highest BCUT2D eigenvalue weighted by Crippen LogP contribution is 2.25. The second-order valence-corrected chi connectivity index (χ2v) is 6.29. The van der Waals surface area contributed by atoms with E-state index in [2.05, 4.69) is 46.5 Å². The van der Waals surface area contributed by atoms with E-state index in [1.165, 1.54) is 0 Å². The van der Waals surface area contributed by atoms with Gasteiger partial charge in [0.25, 0.3) is 0 Å². The molecule has 2 aromatic rings. The molecule has 0 radical (unpaired) electrons. The van der Waals surface area contributed by atoms with Crippen LogP contribution in [-0.2, 0) is 6.42 Å². The van der Waals surface area contributed by atoms with Gasteiger partial charge in [0.2, 0.25) is 0 Å². The Morgan fingerprint density at radius 3 is 2.84 bits per heavy atom. The summed E-state index contributed by atoms with van der Waals surface area (Å²) >= 11 is 8.31. The molecule has 0 aliphatic carbocycles. The molecule has 6 heteroatoms. The summed E-state index contributed by atoms with van der Waals surface area (Å²) in [5.74, 6) is 0.901. The lowest BCUT2D eigenvalue weighted by atomic mass is 10.0. The van der Waals surface area contributed by atoms with Gasteiger partial charge in [0, 0.05) is 27.1 Å². The van der Waals surface area contributed by atoms with Gasteiger partial charge >= 0.3 is 0 Å². The molecule has 2 rings (SSSR count). The van der Waals surface area contributed by atoms with Crippen molar-refractivity contribution in [3.63, 3.8) is 0 Å². The molecule has 102 valence electrons. The minimum absolute atomic E-state index is 0.132. The smallest absolute Gasteiger partial charge is 0.138 e. The van der Waals surface area contributed by atoms with Gasteiger partial charge in [0.05, 0.1) is 0 Å². The molecule has 0 amide bonds. The van der Waals surface area contributed by atoms with E-state index in [0.717, 1.165) is 15.0 Å². The number of hydrogen-bond acceptors (Lipinski definition) is 3. The molecule has 1 heterocycles. The summed E-state index contributed by atoms with van der Waals surface area (Å²) in [6, 6.07) is 5.92. The Bertz CT molecular complexity index is 568. The Labute approximate surface area is 131 Å². The Morgan fingerprint density at radius 1 is 1.42 bits per heavy atom. The van der Waals surface area contributed by atoms with E-state index in [4.69, 9.17) is 17.3 Å². The Balaban J connectivity index is 2.23. The van der Waals surface area contributed by atoms with Crippen molar-refractivity contribution in [3.05, 3.63) is 44.5 Å². The molecule has 0 saturated carbocycles. The van der Waals surface area contributed by atoms with Crippen molar-refractivity contribution < 1.29 is 0 Å². The summed E-state index contributed by atoms with van der Waals surface area (Å²) in [5.41, 5.74) is 7.33. The van der Waals surface area contributed by atoms with Crippen molar-refractivity contribution in [2.45, 2.75) is 32.4 Å². The molecule has 0 spiro atoms. The van der Waals surface area contributed by atoms with Gasteiger partial charge in [-0.15, -0.1) is 0 Å². The topological polar surface area (TPSA) is 56.7 Å². The third-order valence-corrected chi connectivity index (χ3v) is 4.11. The summed E-state index contributed by atoms with van der Waals surface area (Å²) in [6.45, 7) is 4.15. The van der Waals surface area contributed by atoms with Crippen LogP contribution in [0.3, 0.4) is 0 Å². The number of aromatic nitrogens is 3. The fraction of sp³-hybridized carbons (Fsp3) is 0.385. The molecule has 2 N–H and O–H groups in total. The highest BCUT2D eigenvalue weighted by atomic mass is 127. The van der Waals surface area contributed by atoms with E-state index in [9.17, 15) is 0 Å². The van der Waals surface area contributed by atoms with E-state index in [0.29, 0.717) is 11.4 Å². The molecule has 1 aromatic heterocycles. The average molecular weight is 391 g/mol. The van der Waals surface area contributed by atoms with Gasteiger partial charge in [-0.25, -0.2) is 9.67 Å². The fourth-order valence-electron chi connectivity index (χ4n) is 1.96. The molecule has 19 heavy (non-hydrogen) atoms. The standard InChI is InChI=1S/C13H16ClIN4/c1-8(2)19-13(17-7-18-19)6-12(16)10-5-9(14)3-4-11(10)15/h3-5,7-8,12H,6,16H2,1-2H3. The molecular formula is C13H16ClIN4. The monoisotopic (exact) mass is 390 g/mol. The Kier molecular flexibility index (Phi) is 4.81. The van der Waals surface area contributed by atoms with Crippen LogP contribution >= 0.6 is 34.2 Å². The first kappa shape index (κ1) is 14.7. The van der Waals surface area contributed by atoms with Gasteiger partial charge in [-0.2, -0.15) is 5.10 Å². The minimum atomic E-state index is -0.132. The third kappa shape index (κ3) is 3.46. The first-order valence-electron chi connectivity index (χ1n) is 6.08. The number of hydrogen-bond donors (Lipinski definition) is 1. The highest BCUT2D eigenvalue weighted by Gasteiger charge is 2.16. The summed E-state index contributed by atoms with van der Waals surface area (Å²) in [6.07, 6.45) is 2.22. The summed E-state index contributed by atoms with van der Waals surface area (Å²) in [7, 11) is 0. The van der Waals surface area contributed by atoms with Gasteiger partial charge in [0.15, 0.2) is 0 Å². The molecule has 0 saturated heterocycles. The maximum Gasteiger partial charge on any atom is 0.138 e. The van der Waals surface area contributed by atoms with Gasteiger partial charge < -0.3 is 5.73 Å². The normalized spacial score (nSPS) is 12.9.